The molecule has 1 fully saturated rings. The Labute approximate surface area is 110 Å². The molecule has 98 valence electrons. The third-order valence-corrected chi connectivity index (χ3v) is 2.97. The second kappa shape index (κ2) is 5.39. The molecule has 1 N–H and O–H groups in total. The lowest BCUT2D eigenvalue weighted by atomic mass is 10.2. The van der Waals surface area contributed by atoms with Gasteiger partial charge in [-0.2, -0.15) is 0 Å². The summed E-state index contributed by atoms with van der Waals surface area (Å²) in [4.78, 5) is 21.3. The number of likely N-dealkylation sites (tertiary alicyclic amines) is 1. The average Bonchev–Trinajstić information content (AvgIpc) is 2.75. The third kappa shape index (κ3) is 3.01. The van der Waals surface area contributed by atoms with Crippen LogP contribution in [0.4, 0.5) is 10.6 Å². The van der Waals surface area contributed by atoms with Gasteiger partial charge in [0.1, 0.15) is 16.8 Å². The molecule has 1 amide bonds. The Morgan fingerprint density at radius 3 is 3.06 bits per heavy atom. The zero-order valence-electron chi connectivity index (χ0n) is 10.3. The van der Waals surface area contributed by atoms with Crippen molar-refractivity contribution in [1.82, 2.24) is 14.9 Å². The Morgan fingerprint density at radius 1 is 1.61 bits per heavy atom. The molecule has 2 rings (SSSR count). The highest BCUT2D eigenvalue weighted by atomic mass is 35.5. The normalized spacial score (nSPS) is 18.8. The van der Waals surface area contributed by atoms with Gasteiger partial charge < -0.3 is 15.0 Å². The minimum Gasteiger partial charge on any atom is -0.453 e. The molecule has 0 bridgehead atoms. The quantitative estimate of drug-likeness (QED) is 0.829. The summed E-state index contributed by atoms with van der Waals surface area (Å²) in [5.74, 6) is 1.30. The largest absolute Gasteiger partial charge is 0.453 e. The maximum absolute atomic E-state index is 11.3. The Bertz CT molecular complexity index is 434. The molecule has 1 atom stereocenters. The molecule has 18 heavy (non-hydrogen) atoms. The minimum atomic E-state index is -0.295. The Kier molecular flexibility index (Phi) is 3.86. The van der Waals surface area contributed by atoms with Crippen LogP contribution in [0.1, 0.15) is 12.2 Å². The van der Waals surface area contributed by atoms with Crippen LogP contribution in [0, 0.1) is 6.92 Å². The number of rotatable bonds is 2. The second-order valence-corrected chi connectivity index (χ2v) is 4.56. The van der Waals surface area contributed by atoms with Crippen LogP contribution in [0.25, 0.3) is 0 Å². The van der Waals surface area contributed by atoms with Gasteiger partial charge in [-0.05, 0) is 13.3 Å². The first-order chi connectivity index (χ1) is 8.58. The number of aryl methyl sites for hydroxylation is 1. The maximum Gasteiger partial charge on any atom is 0.409 e. The molecule has 2 heterocycles. The first-order valence-corrected chi connectivity index (χ1v) is 6.07. The van der Waals surface area contributed by atoms with Gasteiger partial charge in [0.05, 0.1) is 7.11 Å². The van der Waals surface area contributed by atoms with Gasteiger partial charge in [0.2, 0.25) is 0 Å². The van der Waals surface area contributed by atoms with Crippen molar-refractivity contribution in [2.45, 2.75) is 19.4 Å². The fraction of sp³-hybridized carbons (Fsp3) is 0.545. The van der Waals surface area contributed by atoms with Crippen LogP contribution in [0.3, 0.4) is 0 Å². The highest BCUT2D eigenvalue weighted by Gasteiger charge is 2.26. The maximum atomic E-state index is 11.3. The number of aromatic nitrogens is 2. The van der Waals surface area contributed by atoms with Crippen molar-refractivity contribution in [3.8, 4) is 0 Å². The molecule has 1 saturated heterocycles. The van der Waals surface area contributed by atoms with Crippen LogP contribution < -0.4 is 5.32 Å². The molecule has 1 aliphatic rings. The predicted molar refractivity (Wildman–Crippen MR) is 67.8 cm³/mol. The highest BCUT2D eigenvalue weighted by Crippen LogP contribution is 2.17. The molecular formula is C11H15ClN4O2. The molecule has 0 aliphatic carbocycles. The zero-order valence-corrected chi connectivity index (χ0v) is 11.1. The zero-order chi connectivity index (χ0) is 13.1. The Hall–Kier alpha value is -1.56. The average molecular weight is 271 g/mol. The van der Waals surface area contributed by atoms with Crippen LogP contribution in [-0.2, 0) is 4.74 Å². The molecule has 0 aromatic carbocycles. The number of nitrogens with one attached hydrogen (secondary N) is 1. The molecular weight excluding hydrogens is 256 g/mol. The van der Waals surface area contributed by atoms with Gasteiger partial charge in [0.25, 0.3) is 0 Å². The van der Waals surface area contributed by atoms with E-state index in [1.54, 1.807) is 17.9 Å². The summed E-state index contributed by atoms with van der Waals surface area (Å²) in [6, 6.07) is 1.84. The van der Waals surface area contributed by atoms with Crippen molar-refractivity contribution in [3.63, 3.8) is 0 Å². The summed E-state index contributed by atoms with van der Waals surface area (Å²) in [7, 11) is 1.39. The fourth-order valence-corrected chi connectivity index (χ4v) is 2.21. The first kappa shape index (κ1) is 12.9. The van der Waals surface area contributed by atoms with Crippen molar-refractivity contribution in [2.24, 2.45) is 0 Å². The van der Waals surface area contributed by atoms with E-state index in [2.05, 4.69) is 20.0 Å². The summed E-state index contributed by atoms with van der Waals surface area (Å²) in [5, 5.41) is 3.66. The topological polar surface area (TPSA) is 67.3 Å². The van der Waals surface area contributed by atoms with E-state index in [0.29, 0.717) is 29.9 Å². The summed E-state index contributed by atoms with van der Waals surface area (Å²) in [5.41, 5.74) is 0. The van der Waals surface area contributed by atoms with Gasteiger partial charge >= 0.3 is 6.09 Å². The molecule has 6 nitrogen and oxygen atoms in total. The molecule has 1 aromatic heterocycles. The van der Waals surface area contributed by atoms with Crippen molar-refractivity contribution in [3.05, 3.63) is 17.0 Å². The van der Waals surface area contributed by atoms with Gasteiger partial charge in [-0.25, -0.2) is 14.8 Å². The third-order valence-electron chi connectivity index (χ3n) is 2.78. The number of ether oxygens (including phenoxy) is 1. The van der Waals surface area contributed by atoms with E-state index in [1.807, 2.05) is 0 Å². The molecule has 0 unspecified atom stereocenters. The lowest BCUT2D eigenvalue weighted by Gasteiger charge is -2.16. The SMILES string of the molecule is COC(=O)N1CC[C@@H](Nc2cc(Cl)nc(C)n2)C1. The van der Waals surface area contributed by atoms with E-state index in [0.717, 1.165) is 6.42 Å². The number of nitrogens with zero attached hydrogens (tertiary/aromatic N) is 3. The van der Waals surface area contributed by atoms with E-state index in [1.165, 1.54) is 7.11 Å². The lowest BCUT2D eigenvalue weighted by Crippen LogP contribution is -2.31. The van der Waals surface area contributed by atoms with Crippen LogP contribution >= 0.6 is 11.6 Å². The Balaban J connectivity index is 1.97. The van der Waals surface area contributed by atoms with Gasteiger partial charge in [0, 0.05) is 25.2 Å². The molecule has 1 aliphatic heterocycles. The highest BCUT2D eigenvalue weighted by molar-refractivity contribution is 6.29. The van der Waals surface area contributed by atoms with Crippen molar-refractivity contribution >= 4 is 23.5 Å². The van der Waals surface area contributed by atoms with Crippen LogP contribution in [-0.4, -0.2) is 47.2 Å². The minimum absolute atomic E-state index is 0.162. The number of anilines is 1. The summed E-state index contributed by atoms with van der Waals surface area (Å²) in [6.45, 7) is 3.07. The van der Waals surface area contributed by atoms with Crippen LogP contribution in [0.2, 0.25) is 5.15 Å². The van der Waals surface area contributed by atoms with Gasteiger partial charge in [-0.1, -0.05) is 11.6 Å². The van der Waals surface area contributed by atoms with Crippen molar-refractivity contribution in [2.75, 3.05) is 25.5 Å². The first-order valence-electron chi connectivity index (χ1n) is 5.69. The van der Waals surface area contributed by atoms with Crippen LogP contribution in [0.15, 0.2) is 6.07 Å². The summed E-state index contributed by atoms with van der Waals surface area (Å²) < 4.78 is 4.68. The standard InChI is InChI=1S/C11H15ClN4O2/c1-7-13-9(12)5-10(14-7)15-8-3-4-16(6-8)11(17)18-2/h5,8H,3-4,6H2,1-2H3,(H,13,14,15)/t8-/m1/s1. The number of amides is 1. The fourth-order valence-electron chi connectivity index (χ4n) is 1.99. The Morgan fingerprint density at radius 2 is 2.39 bits per heavy atom. The number of carbonyl (C=O) groups is 1. The van der Waals surface area contributed by atoms with E-state index in [9.17, 15) is 4.79 Å². The molecule has 0 radical (unpaired) electrons. The number of hydrogen-bond donors (Lipinski definition) is 1. The van der Waals surface area contributed by atoms with E-state index in [4.69, 9.17) is 11.6 Å². The number of methoxy groups -OCH3 is 1. The van der Waals surface area contributed by atoms with Gasteiger partial charge in [-0.3, -0.25) is 0 Å². The monoisotopic (exact) mass is 270 g/mol. The summed E-state index contributed by atoms with van der Waals surface area (Å²) in [6.07, 6.45) is 0.562. The van der Waals surface area contributed by atoms with E-state index in [-0.39, 0.29) is 12.1 Å². The van der Waals surface area contributed by atoms with Gasteiger partial charge in [-0.15, -0.1) is 0 Å². The van der Waals surface area contributed by atoms with E-state index < -0.39 is 0 Å². The second-order valence-electron chi connectivity index (χ2n) is 4.17. The molecule has 0 spiro atoms. The predicted octanol–water partition coefficient (Wildman–Crippen LogP) is 1.69. The number of halogens is 1. The molecule has 7 heteroatoms. The molecule has 0 saturated carbocycles. The van der Waals surface area contributed by atoms with Crippen molar-refractivity contribution < 1.29 is 9.53 Å². The number of hydrogen-bond acceptors (Lipinski definition) is 5. The van der Waals surface area contributed by atoms with Gasteiger partial charge in [0.15, 0.2) is 0 Å². The smallest absolute Gasteiger partial charge is 0.409 e. The van der Waals surface area contributed by atoms with E-state index >= 15 is 0 Å². The van der Waals surface area contributed by atoms with Crippen LogP contribution in [0.5, 0.6) is 0 Å². The molecule has 1 aromatic rings. The summed E-state index contributed by atoms with van der Waals surface area (Å²) >= 11 is 5.86. The number of carbonyl (C=O) groups excluding carboxylic acids is 1. The lowest BCUT2D eigenvalue weighted by molar-refractivity contribution is 0.133. The van der Waals surface area contributed by atoms with Crippen molar-refractivity contribution in [1.29, 1.82) is 0 Å².